The maximum Gasteiger partial charge on any atom is 0.220 e. The van der Waals surface area contributed by atoms with Crippen molar-refractivity contribution in [3.05, 3.63) is 28.2 Å². The molecule has 2 aliphatic carbocycles. The molecule has 0 heterocycles. The lowest BCUT2D eigenvalue weighted by Crippen LogP contribution is -2.29. The highest BCUT2D eigenvalue weighted by atomic mass is 79.9. The molecule has 1 amide bonds. The Morgan fingerprint density at radius 1 is 1.41 bits per heavy atom. The minimum Gasteiger partial charge on any atom is -0.496 e. The maximum absolute atomic E-state index is 12.3. The average Bonchev–Trinajstić information content (AvgIpc) is 3.09. The Bertz CT molecular complexity index is 560. The van der Waals surface area contributed by atoms with Gasteiger partial charge in [-0.15, -0.1) is 0 Å². The van der Waals surface area contributed by atoms with E-state index >= 15 is 0 Å². The number of hydrogen-bond acceptors (Lipinski definition) is 2. The highest BCUT2D eigenvalue weighted by molar-refractivity contribution is 9.10. The van der Waals surface area contributed by atoms with Crippen molar-refractivity contribution in [3.8, 4) is 5.75 Å². The van der Waals surface area contributed by atoms with Gasteiger partial charge in [0.15, 0.2) is 0 Å². The molecule has 2 bridgehead atoms. The zero-order chi connectivity index (χ0) is 15.7. The fraction of sp³-hybridized carbons (Fsp3) is 0.611. The summed E-state index contributed by atoms with van der Waals surface area (Å²) >= 11 is 3.50. The molecule has 3 nitrogen and oxygen atoms in total. The van der Waals surface area contributed by atoms with Gasteiger partial charge < -0.3 is 10.1 Å². The van der Waals surface area contributed by atoms with Crippen LogP contribution in [0.4, 0.5) is 0 Å². The van der Waals surface area contributed by atoms with Crippen molar-refractivity contribution < 1.29 is 9.53 Å². The summed E-state index contributed by atoms with van der Waals surface area (Å²) in [5.74, 6) is 3.33. The first-order chi connectivity index (χ1) is 10.6. The van der Waals surface area contributed by atoms with E-state index < -0.39 is 0 Å². The molecule has 2 aliphatic rings. The maximum atomic E-state index is 12.3. The summed E-state index contributed by atoms with van der Waals surface area (Å²) in [6, 6.07) is 5.97. The lowest BCUT2D eigenvalue weighted by molar-refractivity contribution is -0.123. The predicted molar refractivity (Wildman–Crippen MR) is 90.8 cm³/mol. The summed E-state index contributed by atoms with van der Waals surface area (Å²) in [6.07, 6.45) is 6.05. The van der Waals surface area contributed by atoms with Crippen LogP contribution in [-0.4, -0.2) is 13.0 Å². The first-order valence-electron chi connectivity index (χ1n) is 8.19. The molecule has 0 aromatic heterocycles. The molecule has 0 saturated heterocycles. The molecule has 22 heavy (non-hydrogen) atoms. The van der Waals surface area contributed by atoms with Gasteiger partial charge >= 0.3 is 0 Å². The minimum absolute atomic E-state index is 0.0216. The number of hydrogen-bond donors (Lipinski definition) is 1. The molecule has 4 atom stereocenters. The topological polar surface area (TPSA) is 38.3 Å². The van der Waals surface area contributed by atoms with E-state index in [1.807, 2.05) is 25.1 Å². The van der Waals surface area contributed by atoms with E-state index in [0.717, 1.165) is 27.6 Å². The Hall–Kier alpha value is -1.03. The first-order valence-corrected chi connectivity index (χ1v) is 8.99. The van der Waals surface area contributed by atoms with Gasteiger partial charge in [-0.2, -0.15) is 0 Å². The lowest BCUT2D eigenvalue weighted by Gasteiger charge is -2.22. The number of methoxy groups -OCH3 is 1. The van der Waals surface area contributed by atoms with Crippen LogP contribution in [0.5, 0.6) is 5.75 Å². The van der Waals surface area contributed by atoms with Crippen LogP contribution in [0.2, 0.25) is 0 Å². The summed E-state index contributed by atoms with van der Waals surface area (Å²) in [5, 5.41) is 3.15. The van der Waals surface area contributed by atoms with E-state index in [2.05, 4.69) is 21.2 Å². The number of carbonyl (C=O) groups is 1. The van der Waals surface area contributed by atoms with Gasteiger partial charge in [-0.25, -0.2) is 0 Å². The smallest absolute Gasteiger partial charge is 0.220 e. The van der Waals surface area contributed by atoms with E-state index in [1.165, 1.54) is 25.7 Å². The van der Waals surface area contributed by atoms with Crippen molar-refractivity contribution in [2.45, 2.75) is 45.1 Å². The zero-order valence-electron chi connectivity index (χ0n) is 13.3. The van der Waals surface area contributed by atoms with Crippen molar-refractivity contribution in [1.29, 1.82) is 0 Å². The molecule has 120 valence electrons. The van der Waals surface area contributed by atoms with Crippen molar-refractivity contribution >= 4 is 21.8 Å². The van der Waals surface area contributed by atoms with E-state index in [1.54, 1.807) is 7.11 Å². The van der Waals surface area contributed by atoms with Crippen LogP contribution in [-0.2, 0) is 4.79 Å². The van der Waals surface area contributed by atoms with Gasteiger partial charge in [0.25, 0.3) is 0 Å². The number of fused-ring (bicyclic) bond motifs is 2. The molecular formula is C18H24BrNO2. The van der Waals surface area contributed by atoms with Gasteiger partial charge in [-0.1, -0.05) is 12.5 Å². The van der Waals surface area contributed by atoms with Crippen LogP contribution < -0.4 is 10.1 Å². The second-order valence-corrected chi connectivity index (χ2v) is 7.68. The van der Waals surface area contributed by atoms with Crippen LogP contribution in [0, 0.1) is 17.8 Å². The van der Waals surface area contributed by atoms with Crippen LogP contribution >= 0.6 is 15.9 Å². The molecule has 0 spiro atoms. The average molecular weight is 366 g/mol. The molecule has 0 aliphatic heterocycles. The van der Waals surface area contributed by atoms with E-state index in [-0.39, 0.29) is 11.9 Å². The molecule has 1 aromatic rings. The molecule has 3 rings (SSSR count). The van der Waals surface area contributed by atoms with Crippen molar-refractivity contribution in [2.75, 3.05) is 7.11 Å². The SMILES string of the molecule is COc1ccc(C(C)NC(=O)CC2CC3CCC2C3)cc1Br. The number of ether oxygens (including phenoxy) is 1. The third-order valence-electron chi connectivity index (χ3n) is 5.39. The minimum atomic E-state index is 0.0216. The van der Waals surface area contributed by atoms with Crippen molar-refractivity contribution in [3.63, 3.8) is 0 Å². The highest BCUT2D eigenvalue weighted by Gasteiger charge is 2.40. The lowest BCUT2D eigenvalue weighted by atomic mass is 9.86. The number of carbonyl (C=O) groups excluding carboxylic acids is 1. The number of halogens is 1. The summed E-state index contributed by atoms with van der Waals surface area (Å²) in [6.45, 7) is 2.03. The van der Waals surface area contributed by atoms with Gasteiger partial charge in [-0.3, -0.25) is 4.79 Å². The normalized spacial score (nSPS) is 27.7. The van der Waals surface area contributed by atoms with Crippen molar-refractivity contribution in [1.82, 2.24) is 5.32 Å². The number of nitrogens with one attached hydrogen (secondary N) is 1. The molecular weight excluding hydrogens is 342 g/mol. The van der Waals surface area contributed by atoms with Gasteiger partial charge in [0.05, 0.1) is 17.6 Å². The summed E-state index contributed by atoms with van der Waals surface area (Å²) in [7, 11) is 1.65. The van der Waals surface area contributed by atoms with Gasteiger partial charge in [-0.05, 0) is 77.6 Å². The Balaban J connectivity index is 1.55. The van der Waals surface area contributed by atoms with Crippen LogP contribution in [0.3, 0.4) is 0 Å². The monoisotopic (exact) mass is 365 g/mol. The third kappa shape index (κ3) is 3.32. The van der Waals surface area contributed by atoms with E-state index in [9.17, 15) is 4.79 Å². The van der Waals surface area contributed by atoms with Gasteiger partial charge in [0.2, 0.25) is 5.91 Å². The molecule has 4 unspecified atom stereocenters. The number of rotatable bonds is 5. The zero-order valence-corrected chi connectivity index (χ0v) is 14.9. The van der Waals surface area contributed by atoms with Gasteiger partial charge in [0, 0.05) is 6.42 Å². The first kappa shape index (κ1) is 15.9. The Kier molecular flexibility index (Phi) is 4.76. The number of benzene rings is 1. The summed E-state index contributed by atoms with van der Waals surface area (Å²) in [4.78, 5) is 12.3. The second kappa shape index (κ2) is 6.61. The summed E-state index contributed by atoms with van der Waals surface area (Å²) < 4.78 is 6.16. The van der Waals surface area contributed by atoms with Crippen LogP contribution in [0.15, 0.2) is 22.7 Å². The van der Waals surface area contributed by atoms with Crippen LogP contribution in [0.1, 0.15) is 50.6 Å². The molecule has 2 saturated carbocycles. The van der Waals surface area contributed by atoms with E-state index in [4.69, 9.17) is 4.74 Å². The molecule has 0 radical (unpaired) electrons. The Labute approximate surface area is 140 Å². The van der Waals surface area contributed by atoms with Crippen molar-refractivity contribution in [2.24, 2.45) is 17.8 Å². The second-order valence-electron chi connectivity index (χ2n) is 6.82. The highest BCUT2D eigenvalue weighted by Crippen LogP contribution is 2.49. The largest absolute Gasteiger partial charge is 0.496 e. The molecule has 4 heteroatoms. The Morgan fingerprint density at radius 2 is 2.23 bits per heavy atom. The summed E-state index contributed by atoms with van der Waals surface area (Å²) in [5.41, 5.74) is 1.09. The van der Waals surface area contributed by atoms with E-state index in [0.29, 0.717) is 12.3 Å². The quantitative estimate of drug-likeness (QED) is 0.836. The van der Waals surface area contributed by atoms with Gasteiger partial charge in [0.1, 0.15) is 5.75 Å². The fourth-order valence-corrected chi connectivity index (χ4v) is 4.76. The molecule has 1 N–H and O–H groups in total. The molecule has 1 aromatic carbocycles. The Morgan fingerprint density at radius 3 is 2.82 bits per heavy atom. The predicted octanol–water partition coefficient (Wildman–Crippen LogP) is 4.46. The van der Waals surface area contributed by atoms with Crippen LogP contribution in [0.25, 0.3) is 0 Å². The number of amides is 1. The molecule has 2 fully saturated rings. The fourth-order valence-electron chi connectivity index (χ4n) is 4.20. The standard InChI is InChI=1S/C18H24BrNO2/c1-11(13-5-6-17(22-2)16(19)9-13)20-18(21)10-15-8-12-3-4-14(15)7-12/h5-6,9,11-12,14-15H,3-4,7-8,10H2,1-2H3,(H,20,21). The third-order valence-corrected chi connectivity index (χ3v) is 6.01.